The van der Waals surface area contributed by atoms with Crippen LogP contribution in [0.4, 0.5) is 0 Å². The summed E-state index contributed by atoms with van der Waals surface area (Å²) in [6.07, 6.45) is 5.02. The Morgan fingerprint density at radius 2 is 2.00 bits per heavy atom. The molecule has 2 fully saturated rings. The van der Waals surface area contributed by atoms with Gasteiger partial charge in [0.15, 0.2) is 0 Å². The SMILES string of the molecule is CCOC(=O)CN(C(=O)C1CCCC1CN)C1CC1. The van der Waals surface area contributed by atoms with Crippen molar-refractivity contribution in [3.63, 3.8) is 0 Å². The summed E-state index contributed by atoms with van der Waals surface area (Å²) >= 11 is 0. The molecule has 19 heavy (non-hydrogen) atoms. The minimum Gasteiger partial charge on any atom is -0.465 e. The number of rotatable bonds is 6. The number of hydrogen-bond donors (Lipinski definition) is 1. The van der Waals surface area contributed by atoms with Gasteiger partial charge in [0.05, 0.1) is 6.61 Å². The van der Waals surface area contributed by atoms with Crippen LogP contribution in [-0.4, -0.2) is 42.5 Å². The molecule has 0 spiro atoms. The van der Waals surface area contributed by atoms with Gasteiger partial charge in [-0.2, -0.15) is 0 Å². The molecule has 2 N–H and O–H groups in total. The van der Waals surface area contributed by atoms with Crippen LogP contribution in [0.2, 0.25) is 0 Å². The van der Waals surface area contributed by atoms with Crippen LogP contribution >= 0.6 is 0 Å². The third kappa shape index (κ3) is 3.47. The molecule has 0 aliphatic heterocycles. The zero-order valence-corrected chi connectivity index (χ0v) is 11.6. The van der Waals surface area contributed by atoms with Gasteiger partial charge in [0.2, 0.25) is 5.91 Å². The molecular weight excluding hydrogens is 244 g/mol. The monoisotopic (exact) mass is 268 g/mol. The normalized spacial score (nSPS) is 26.2. The zero-order valence-electron chi connectivity index (χ0n) is 11.6. The second-order valence-electron chi connectivity index (χ2n) is 5.54. The van der Waals surface area contributed by atoms with Crippen molar-refractivity contribution in [1.29, 1.82) is 0 Å². The lowest BCUT2D eigenvalue weighted by Gasteiger charge is -2.27. The van der Waals surface area contributed by atoms with Crippen molar-refractivity contribution in [2.75, 3.05) is 19.7 Å². The maximum absolute atomic E-state index is 12.6. The molecular formula is C14H24N2O3. The summed E-state index contributed by atoms with van der Waals surface area (Å²) in [4.78, 5) is 25.9. The summed E-state index contributed by atoms with van der Waals surface area (Å²) in [7, 11) is 0. The van der Waals surface area contributed by atoms with Crippen LogP contribution in [0.3, 0.4) is 0 Å². The molecule has 2 rings (SSSR count). The lowest BCUT2D eigenvalue weighted by Crippen LogP contribution is -2.43. The van der Waals surface area contributed by atoms with E-state index in [1.165, 1.54) is 0 Å². The second-order valence-corrected chi connectivity index (χ2v) is 5.54. The molecule has 2 unspecified atom stereocenters. The summed E-state index contributed by atoms with van der Waals surface area (Å²) in [5, 5.41) is 0. The summed E-state index contributed by atoms with van der Waals surface area (Å²) in [5.41, 5.74) is 5.74. The molecule has 2 aliphatic carbocycles. The van der Waals surface area contributed by atoms with Crippen molar-refractivity contribution < 1.29 is 14.3 Å². The fraction of sp³-hybridized carbons (Fsp3) is 0.857. The minimum atomic E-state index is -0.301. The molecule has 5 heteroatoms. The van der Waals surface area contributed by atoms with E-state index in [4.69, 9.17) is 10.5 Å². The molecule has 0 aromatic rings. The average molecular weight is 268 g/mol. The standard InChI is InChI=1S/C14H24N2O3/c1-2-19-13(17)9-16(11-6-7-11)14(18)12-5-3-4-10(12)8-15/h10-12H,2-9,15H2,1H3. The van der Waals surface area contributed by atoms with E-state index in [9.17, 15) is 9.59 Å². The number of nitrogens with zero attached hydrogens (tertiary/aromatic N) is 1. The van der Waals surface area contributed by atoms with Crippen LogP contribution in [0, 0.1) is 11.8 Å². The number of esters is 1. The first-order valence-corrected chi connectivity index (χ1v) is 7.33. The van der Waals surface area contributed by atoms with Crippen molar-refractivity contribution in [2.45, 2.75) is 45.1 Å². The van der Waals surface area contributed by atoms with E-state index in [1.54, 1.807) is 11.8 Å². The fourth-order valence-electron chi connectivity index (χ4n) is 2.98. The van der Waals surface area contributed by atoms with E-state index < -0.39 is 0 Å². The molecule has 5 nitrogen and oxygen atoms in total. The largest absolute Gasteiger partial charge is 0.465 e. The highest BCUT2D eigenvalue weighted by Crippen LogP contribution is 2.35. The van der Waals surface area contributed by atoms with Crippen LogP contribution in [0.15, 0.2) is 0 Å². The van der Waals surface area contributed by atoms with E-state index in [0.29, 0.717) is 13.2 Å². The second kappa shape index (κ2) is 6.37. The third-order valence-corrected chi connectivity index (χ3v) is 4.15. The molecule has 0 aromatic carbocycles. The van der Waals surface area contributed by atoms with E-state index >= 15 is 0 Å². The highest BCUT2D eigenvalue weighted by Gasteiger charge is 2.40. The van der Waals surface area contributed by atoms with Gasteiger partial charge >= 0.3 is 5.97 Å². The van der Waals surface area contributed by atoms with Crippen molar-refractivity contribution in [1.82, 2.24) is 4.90 Å². The van der Waals surface area contributed by atoms with Crippen LogP contribution < -0.4 is 5.73 Å². The van der Waals surface area contributed by atoms with Gasteiger partial charge in [0.25, 0.3) is 0 Å². The first-order chi connectivity index (χ1) is 9.17. The Morgan fingerprint density at radius 1 is 1.26 bits per heavy atom. The molecule has 0 bridgehead atoms. The summed E-state index contributed by atoms with van der Waals surface area (Å²) in [6, 6.07) is 0.246. The van der Waals surface area contributed by atoms with Crippen LogP contribution in [0.1, 0.15) is 39.0 Å². The van der Waals surface area contributed by atoms with Crippen molar-refractivity contribution in [3.8, 4) is 0 Å². The Hall–Kier alpha value is -1.10. The molecule has 0 aromatic heterocycles. The fourth-order valence-corrected chi connectivity index (χ4v) is 2.98. The lowest BCUT2D eigenvalue weighted by molar-refractivity contribution is -0.151. The van der Waals surface area contributed by atoms with Crippen LogP contribution in [0.25, 0.3) is 0 Å². The quantitative estimate of drug-likeness (QED) is 0.727. The van der Waals surface area contributed by atoms with Gasteiger partial charge in [-0.05, 0) is 45.1 Å². The Balaban J connectivity index is 1.98. The lowest BCUT2D eigenvalue weighted by atomic mass is 9.94. The molecule has 0 heterocycles. The number of ether oxygens (including phenoxy) is 1. The number of nitrogens with two attached hydrogens (primary N) is 1. The Bertz CT molecular complexity index is 342. The molecule has 0 saturated heterocycles. The van der Waals surface area contributed by atoms with Crippen molar-refractivity contribution >= 4 is 11.9 Å². The van der Waals surface area contributed by atoms with Crippen molar-refractivity contribution in [3.05, 3.63) is 0 Å². The zero-order chi connectivity index (χ0) is 13.8. The molecule has 1 amide bonds. The number of carbonyl (C=O) groups excluding carboxylic acids is 2. The average Bonchev–Trinajstić information content (AvgIpc) is 3.12. The van der Waals surface area contributed by atoms with E-state index in [0.717, 1.165) is 32.1 Å². The van der Waals surface area contributed by atoms with Crippen LogP contribution in [0.5, 0.6) is 0 Å². The molecule has 2 saturated carbocycles. The van der Waals surface area contributed by atoms with Gasteiger partial charge in [-0.25, -0.2) is 0 Å². The number of hydrogen-bond acceptors (Lipinski definition) is 4. The van der Waals surface area contributed by atoms with E-state index in [2.05, 4.69) is 0 Å². The van der Waals surface area contributed by atoms with E-state index in [-0.39, 0.29) is 36.3 Å². The maximum atomic E-state index is 12.6. The Kier molecular flexibility index (Phi) is 4.80. The van der Waals surface area contributed by atoms with Gasteiger partial charge in [-0.15, -0.1) is 0 Å². The Morgan fingerprint density at radius 3 is 2.58 bits per heavy atom. The van der Waals surface area contributed by atoms with Crippen molar-refractivity contribution in [2.24, 2.45) is 17.6 Å². The van der Waals surface area contributed by atoms with Gasteiger partial charge < -0.3 is 15.4 Å². The van der Waals surface area contributed by atoms with Gasteiger partial charge in [-0.3, -0.25) is 9.59 Å². The summed E-state index contributed by atoms with van der Waals surface area (Å²) < 4.78 is 4.96. The topological polar surface area (TPSA) is 72.6 Å². The van der Waals surface area contributed by atoms with Gasteiger partial charge in [-0.1, -0.05) is 6.42 Å². The molecule has 2 aliphatic rings. The first-order valence-electron chi connectivity index (χ1n) is 7.33. The van der Waals surface area contributed by atoms with E-state index in [1.807, 2.05) is 0 Å². The third-order valence-electron chi connectivity index (χ3n) is 4.15. The number of carbonyl (C=O) groups is 2. The predicted octanol–water partition coefficient (Wildman–Crippen LogP) is 0.915. The highest BCUT2D eigenvalue weighted by atomic mass is 16.5. The Labute approximate surface area is 114 Å². The predicted molar refractivity (Wildman–Crippen MR) is 71.3 cm³/mol. The van der Waals surface area contributed by atoms with Crippen LogP contribution in [-0.2, 0) is 14.3 Å². The number of amides is 1. The smallest absolute Gasteiger partial charge is 0.325 e. The first kappa shape index (κ1) is 14.3. The molecule has 2 atom stereocenters. The maximum Gasteiger partial charge on any atom is 0.325 e. The summed E-state index contributed by atoms with van der Waals surface area (Å²) in [5.74, 6) is 0.115. The van der Waals surface area contributed by atoms with Gasteiger partial charge in [0, 0.05) is 12.0 Å². The molecule has 108 valence electrons. The summed E-state index contributed by atoms with van der Waals surface area (Å²) in [6.45, 7) is 2.81. The minimum absolute atomic E-state index is 0.0139. The molecule has 0 radical (unpaired) electrons. The highest BCUT2D eigenvalue weighted by molar-refractivity contribution is 5.84. The van der Waals surface area contributed by atoms with Gasteiger partial charge in [0.1, 0.15) is 6.54 Å².